The molecule has 0 atom stereocenters. The highest BCUT2D eigenvalue weighted by Crippen LogP contribution is 2.35. The summed E-state index contributed by atoms with van der Waals surface area (Å²) in [5, 5.41) is 0. The van der Waals surface area contributed by atoms with Crippen LogP contribution in [0.2, 0.25) is 0 Å². The van der Waals surface area contributed by atoms with E-state index in [0.717, 1.165) is 6.42 Å². The van der Waals surface area contributed by atoms with Crippen molar-refractivity contribution in [2.45, 2.75) is 26.7 Å². The van der Waals surface area contributed by atoms with Crippen LogP contribution < -0.4 is 0 Å². The lowest BCUT2D eigenvalue weighted by Crippen LogP contribution is -2.00. The Morgan fingerprint density at radius 1 is 0.950 bits per heavy atom. The summed E-state index contributed by atoms with van der Waals surface area (Å²) in [4.78, 5) is 10.2. The lowest BCUT2D eigenvalue weighted by molar-refractivity contribution is -0.142. The molecule has 0 saturated carbocycles. The zero-order valence-corrected chi connectivity index (χ0v) is 12.1. The molecule has 0 aromatic heterocycles. The fourth-order valence-corrected chi connectivity index (χ4v) is 2.34. The van der Waals surface area contributed by atoms with Gasteiger partial charge in [0.1, 0.15) is 0 Å². The molecule has 1 aliphatic rings. The van der Waals surface area contributed by atoms with Crippen LogP contribution in [0.3, 0.4) is 0 Å². The molecule has 2 heteroatoms. The van der Waals surface area contributed by atoms with Crippen LogP contribution in [-0.4, -0.2) is 12.6 Å². The summed E-state index contributed by atoms with van der Waals surface area (Å²) < 4.78 is 4.55. The highest BCUT2D eigenvalue weighted by atomic mass is 16.5. The zero-order chi connectivity index (χ0) is 14.4. The normalized spacial score (nSPS) is 10.9. The quantitative estimate of drug-likeness (QED) is 0.650. The maximum absolute atomic E-state index is 10.2. The third-order valence-corrected chi connectivity index (χ3v) is 3.30. The highest BCUT2D eigenvalue weighted by Gasteiger charge is 2.15. The minimum absolute atomic E-state index is 0.123. The average Bonchev–Trinajstić information content (AvgIpc) is 2.87. The minimum Gasteiger partial charge on any atom is -0.466 e. The third-order valence-electron chi connectivity index (χ3n) is 3.30. The highest BCUT2D eigenvalue weighted by molar-refractivity contribution is 5.76. The van der Waals surface area contributed by atoms with Gasteiger partial charge >= 0.3 is 5.97 Å². The summed E-state index contributed by atoms with van der Waals surface area (Å²) >= 11 is 0. The molecular formula is C18H20O2. The van der Waals surface area contributed by atoms with Crippen molar-refractivity contribution in [3.8, 4) is 11.1 Å². The van der Waals surface area contributed by atoms with Crippen LogP contribution in [0.1, 0.15) is 31.4 Å². The van der Waals surface area contributed by atoms with Gasteiger partial charge in [-0.3, -0.25) is 4.79 Å². The Balaban J connectivity index is 0.000000182. The first-order valence-electron chi connectivity index (χ1n) is 7.08. The second kappa shape index (κ2) is 6.90. The number of hydrogen-bond donors (Lipinski definition) is 0. The first-order valence-corrected chi connectivity index (χ1v) is 7.08. The van der Waals surface area contributed by atoms with Crippen LogP contribution in [0.25, 0.3) is 11.1 Å². The number of benzene rings is 2. The van der Waals surface area contributed by atoms with Gasteiger partial charge < -0.3 is 4.74 Å². The van der Waals surface area contributed by atoms with Gasteiger partial charge in [0.15, 0.2) is 0 Å². The first kappa shape index (κ1) is 14.3. The Labute approximate surface area is 120 Å². The molecule has 0 fully saturated rings. The predicted octanol–water partition coefficient (Wildman–Crippen LogP) is 4.22. The summed E-state index contributed by atoms with van der Waals surface area (Å²) in [5.74, 6) is -0.123. The van der Waals surface area contributed by atoms with Crippen molar-refractivity contribution in [3.05, 3.63) is 59.7 Å². The van der Waals surface area contributed by atoms with Gasteiger partial charge in [-0.1, -0.05) is 55.5 Å². The van der Waals surface area contributed by atoms with Crippen molar-refractivity contribution in [1.82, 2.24) is 0 Å². The molecule has 3 rings (SSSR count). The Morgan fingerprint density at radius 3 is 1.85 bits per heavy atom. The summed E-state index contributed by atoms with van der Waals surface area (Å²) in [6.45, 7) is 4.07. The van der Waals surface area contributed by atoms with Crippen molar-refractivity contribution in [2.24, 2.45) is 0 Å². The average molecular weight is 268 g/mol. The molecule has 0 radical (unpaired) electrons. The number of fused-ring (bicyclic) bond motifs is 3. The van der Waals surface area contributed by atoms with Gasteiger partial charge in [0.25, 0.3) is 0 Å². The van der Waals surface area contributed by atoms with E-state index in [1.165, 1.54) is 22.3 Å². The zero-order valence-electron chi connectivity index (χ0n) is 12.1. The Bertz CT molecular complexity index is 544. The number of carbonyl (C=O) groups is 1. The first-order chi connectivity index (χ1) is 9.76. The van der Waals surface area contributed by atoms with Gasteiger partial charge in [-0.2, -0.15) is 0 Å². The maximum atomic E-state index is 10.2. The smallest absolute Gasteiger partial charge is 0.305 e. The second-order valence-electron chi connectivity index (χ2n) is 4.65. The van der Waals surface area contributed by atoms with Crippen LogP contribution in [0, 0.1) is 0 Å². The van der Waals surface area contributed by atoms with Crippen molar-refractivity contribution >= 4 is 5.97 Å². The van der Waals surface area contributed by atoms with E-state index >= 15 is 0 Å². The molecule has 2 nitrogen and oxygen atoms in total. The number of ether oxygens (including phenoxy) is 1. The lowest BCUT2D eigenvalue weighted by Gasteiger charge is -1.98. The maximum Gasteiger partial charge on any atom is 0.305 e. The summed E-state index contributed by atoms with van der Waals surface area (Å²) in [7, 11) is 0. The fraction of sp³-hybridized carbons (Fsp3) is 0.278. The monoisotopic (exact) mass is 268 g/mol. The number of esters is 1. The molecule has 0 N–H and O–H groups in total. The van der Waals surface area contributed by atoms with E-state index in [-0.39, 0.29) is 5.97 Å². The molecule has 1 aliphatic carbocycles. The van der Waals surface area contributed by atoms with E-state index in [1.54, 1.807) is 13.8 Å². The Kier molecular flexibility index (Phi) is 4.94. The molecular weight excluding hydrogens is 248 g/mol. The topological polar surface area (TPSA) is 26.3 Å². The van der Waals surface area contributed by atoms with Gasteiger partial charge in [-0.05, 0) is 35.6 Å². The molecule has 104 valence electrons. The molecule has 20 heavy (non-hydrogen) atoms. The SMILES string of the molecule is CCOC(=O)CC.c1ccc2c(c1)Cc1ccccc1-2. The summed E-state index contributed by atoms with van der Waals surface area (Å²) in [5.41, 5.74) is 5.75. The third kappa shape index (κ3) is 3.27. The molecule has 0 unspecified atom stereocenters. The Morgan fingerprint density at radius 2 is 1.45 bits per heavy atom. The second-order valence-corrected chi connectivity index (χ2v) is 4.65. The lowest BCUT2D eigenvalue weighted by atomic mass is 10.1. The van der Waals surface area contributed by atoms with E-state index in [4.69, 9.17) is 0 Å². The molecule has 0 aliphatic heterocycles. The van der Waals surface area contributed by atoms with E-state index in [9.17, 15) is 4.79 Å². The van der Waals surface area contributed by atoms with Gasteiger partial charge in [0.2, 0.25) is 0 Å². The van der Waals surface area contributed by atoms with Gasteiger partial charge in [0.05, 0.1) is 6.61 Å². The van der Waals surface area contributed by atoms with Crippen molar-refractivity contribution in [1.29, 1.82) is 0 Å². The van der Waals surface area contributed by atoms with Crippen molar-refractivity contribution in [2.75, 3.05) is 6.61 Å². The van der Waals surface area contributed by atoms with E-state index < -0.39 is 0 Å². The molecule has 0 amide bonds. The molecule has 2 aromatic rings. The van der Waals surface area contributed by atoms with Crippen LogP contribution in [0.15, 0.2) is 48.5 Å². The number of hydrogen-bond acceptors (Lipinski definition) is 2. The van der Waals surface area contributed by atoms with Crippen molar-refractivity contribution in [3.63, 3.8) is 0 Å². The molecule has 0 saturated heterocycles. The largest absolute Gasteiger partial charge is 0.466 e. The molecule has 0 bridgehead atoms. The van der Waals surface area contributed by atoms with Gasteiger partial charge in [-0.25, -0.2) is 0 Å². The summed E-state index contributed by atoms with van der Waals surface area (Å²) in [6, 6.07) is 17.3. The van der Waals surface area contributed by atoms with Crippen molar-refractivity contribution < 1.29 is 9.53 Å². The predicted molar refractivity (Wildman–Crippen MR) is 81.6 cm³/mol. The standard InChI is InChI=1S/C13H10.C5H10O2/c1-3-7-12-10(5-1)9-11-6-2-4-8-13(11)12;1-3-5(6)7-4-2/h1-8H,9H2;3-4H2,1-2H3. The van der Waals surface area contributed by atoms with E-state index in [1.807, 2.05) is 0 Å². The summed E-state index contributed by atoms with van der Waals surface area (Å²) in [6.07, 6.45) is 1.58. The van der Waals surface area contributed by atoms with Crippen LogP contribution in [0.5, 0.6) is 0 Å². The van der Waals surface area contributed by atoms with Gasteiger partial charge in [-0.15, -0.1) is 0 Å². The van der Waals surface area contributed by atoms with Crippen LogP contribution in [-0.2, 0) is 16.0 Å². The molecule has 0 heterocycles. The fourth-order valence-electron chi connectivity index (χ4n) is 2.34. The van der Waals surface area contributed by atoms with Gasteiger partial charge in [0, 0.05) is 6.42 Å². The van der Waals surface area contributed by atoms with Crippen LogP contribution in [0.4, 0.5) is 0 Å². The number of carbonyl (C=O) groups excluding carboxylic acids is 1. The van der Waals surface area contributed by atoms with E-state index in [0.29, 0.717) is 13.0 Å². The number of rotatable bonds is 2. The molecule has 2 aromatic carbocycles. The molecule has 0 spiro atoms. The minimum atomic E-state index is -0.123. The Hall–Kier alpha value is -2.09. The van der Waals surface area contributed by atoms with E-state index in [2.05, 4.69) is 53.3 Å². The van der Waals surface area contributed by atoms with Crippen LogP contribution >= 0.6 is 0 Å².